The molecule has 3 heteroatoms. The van der Waals surface area contributed by atoms with Crippen molar-refractivity contribution < 1.29 is 24.2 Å². The van der Waals surface area contributed by atoms with Crippen LogP contribution in [0.5, 0.6) is 0 Å². The monoisotopic (exact) mass is 264 g/mol. The van der Waals surface area contributed by atoms with E-state index >= 15 is 0 Å². The summed E-state index contributed by atoms with van der Waals surface area (Å²) >= 11 is 0. The molecule has 1 aromatic rings. The van der Waals surface area contributed by atoms with Crippen LogP contribution in [0.25, 0.3) is 0 Å². The zero-order valence-corrected chi connectivity index (χ0v) is 9.00. The summed E-state index contributed by atoms with van der Waals surface area (Å²) in [6.45, 7) is 0.598. The van der Waals surface area contributed by atoms with Gasteiger partial charge < -0.3 is 17.1 Å². The summed E-state index contributed by atoms with van der Waals surface area (Å²) < 4.78 is 5.04. The van der Waals surface area contributed by atoms with Crippen LogP contribution in [0, 0.1) is 13.5 Å². The summed E-state index contributed by atoms with van der Waals surface area (Å²) in [5.74, 6) is 0. The maximum absolute atomic E-state index is 5.04. The maximum Gasteiger partial charge on any atom is 2.00 e. The zero-order valence-electron chi connectivity index (χ0n) is 7.36. The van der Waals surface area contributed by atoms with Gasteiger partial charge in [0.2, 0.25) is 0 Å². The Labute approximate surface area is 92.0 Å². The molecule has 0 fully saturated rings. The van der Waals surface area contributed by atoms with Crippen molar-refractivity contribution in [2.45, 2.75) is 0 Å². The van der Waals surface area contributed by atoms with Crippen molar-refractivity contribution in [2.24, 2.45) is 0 Å². The van der Waals surface area contributed by atoms with Gasteiger partial charge in [-0.2, -0.15) is 24.3 Å². The Morgan fingerprint density at radius 3 is 2.77 bits per heavy atom. The second-order valence-corrected chi connectivity index (χ2v) is 2.30. The minimum atomic E-state index is 0. The molecule has 1 radical (unpaired) electrons. The van der Waals surface area contributed by atoms with Crippen molar-refractivity contribution >= 4 is 5.69 Å². The van der Waals surface area contributed by atoms with E-state index in [0.717, 1.165) is 5.69 Å². The van der Waals surface area contributed by atoms with Gasteiger partial charge in [0.05, 0.1) is 0 Å². The van der Waals surface area contributed by atoms with Crippen molar-refractivity contribution in [3.8, 4) is 0 Å². The van der Waals surface area contributed by atoms with Crippen LogP contribution in [0.3, 0.4) is 0 Å². The van der Waals surface area contributed by atoms with Gasteiger partial charge in [0.1, 0.15) is 6.26 Å². The molecule has 1 heterocycles. The largest absolute Gasteiger partial charge is 2.00 e. The van der Waals surface area contributed by atoms with Crippen LogP contribution in [0.2, 0.25) is 0 Å². The van der Waals surface area contributed by atoms with Gasteiger partial charge in [-0.15, -0.1) is 6.07 Å². The first kappa shape index (κ1) is 12.2. The van der Waals surface area contributed by atoms with E-state index in [0.29, 0.717) is 6.73 Å². The molecule has 0 N–H and O–H groups in total. The van der Waals surface area contributed by atoms with E-state index in [1.807, 2.05) is 35.4 Å². The van der Waals surface area contributed by atoms with Crippen LogP contribution >= 0.6 is 0 Å². The molecule has 0 aliphatic carbocycles. The number of ether oxygens (including phenoxy) is 1. The summed E-state index contributed by atoms with van der Waals surface area (Å²) in [7, 11) is 0. The van der Waals surface area contributed by atoms with E-state index in [1.165, 1.54) is 0 Å². The van der Waals surface area contributed by atoms with Crippen LogP contribution in [0.4, 0.5) is 5.69 Å². The normalized spacial score (nSPS) is 12.8. The molecule has 0 bridgehead atoms. The predicted octanol–water partition coefficient (Wildman–Crippen LogP) is 2.20. The fourth-order valence-electron chi connectivity index (χ4n) is 0.995. The fourth-order valence-corrected chi connectivity index (χ4v) is 0.995. The third-order valence-electron chi connectivity index (χ3n) is 1.55. The average Bonchev–Trinajstić information content (AvgIpc) is 2.58. The van der Waals surface area contributed by atoms with Gasteiger partial charge in [-0.3, -0.25) is 0 Å². The third-order valence-corrected chi connectivity index (χ3v) is 1.55. The quantitative estimate of drug-likeness (QED) is 0.569. The van der Waals surface area contributed by atoms with E-state index in [4.69, 9.17) is 4.74 Å². The molecule has 2 nitrogen and oxygen atoms in total. The Balaban J connectivity index is 0.000000720. The summed E-state index contributed by atoms with van der Waals surface area (Å²) in [5, 5.41) is 0. The molecule has 13 heavy (non-hydrogen) atoms. The first-order chi connectivity index (χ1) is 5.47. The molecule has 0 atom stereocenters. The molecule has 1 aromatic carbocycles. The van der Waals surface area contributed by atoms with Crippen molar-refractivity contribution in [3.63, 3.8) is 0 Å². The Bertz CT molecular complexity index is 261. The number of hydrogen-bond acceptors (Lipinski definition) is 2. The van der Waals surface area contributed by atoms with E-state index in [1.54, 1.807) is 6.26 Å². The standard InChI is InChI=1S/C9H8NO.CH3.Rh/c1-2-4-9(5-3-1)10-6-7-11-8-10;;/h1-4,6-7H,8H2;1H3;/q2*-1;+2. The van der Waals surface area contributed by atoms with E-state index in [-0.39, 0.29) is 26.9 Å². The molecule has 0 unspecified atom stereocenters. The minimum Gasteiger partial charge on any atom is -0.479 e. The summed E-state index contributed by atoms with van der Waals surface area (Å²) in [6.07, 6.45) is 3.58. The number of para-hydroxylation sites is 1. The molecule has 0 saturated carbocycles. The van der Waals surface area contributed by atoms with Crippen molar-refractivity contribution in [2.75, 3.05) is 11.6 Å². The van der Waals surface area contributed by atoms with E-state index < -0.39 is 0 Å². The Morgan fingerprint density at radius 2 is 2.23 bits per heavy atom. The van der Waals surface area contributed by atoms with E-state index in [2.05, 4.69) is 6.07 Å². The number of anilines is 1. The first-order valence-corrected chi connectivity index (χ1v) is 3.48. The summed E-state index contributed by atoms with van der Waals surface area (Å²) in [4.78, 5) is 1.99. The van der Waals surface area contributed by atoms with Crippen LogP contribution in [-0.4, -0.2) is 6.73 Å². The molecule has 1 aliphatic rings. The van der Waals surface area contributed by atoms with Crippen LogP contribution in [-0.2, 0) is 24.2 Å². The van der Waals surface area contributed by atoms with Crippen molar-refractivity contribution in [1.82, 2.24) is 0 Å². The van der Waals surface area contributed by atoms with Crippen LogP contribution in [0.1, 0.15) is 0 Å². The summed E-state index contributed by atoms with van der Waals surface area (Å²) in [6, 6.07) is 10.9. The molecule has 1 aliphatic heterocycles. The predicted molar refractivity (Wildman–Crippen MR) is 49.3 cm³/mol. The molecule has 0 aromatic heterocycles. The zero-order chi connectivity index (χ0) is 7.52. The summed E-state index contributed by atoms with van der Waals surface area (Å²) in [5.41, 5.74) is 1.04. The molecule has 71 valence electrons. The fraction of sp³-hybridized carbons (Fsp3) is 0.100. The van der Waals surface area contributed by atoms with Gasteiger partial charge in [-0.1, -0.05) is 5.69 Å². The van der Waals surface area contributed by atoms with Gasteiger partial charge >= 0.3 is 19.5 Å². The Kier molecular flexibility index (Phi) is 5.40. The Hall–Kier alpha value is -0.817. The van der Waals surface area contributed by atoms with Crippen LogP contribution < -0.4 is 4.90 Å². The number of benzene rings is 1. The number of rotatable bonds is 1. The van der Waals surface area contributed by atoms with Gasteiger partial charge in [-0.25, -0.2) is 0 Å². The smallest absolute Gasteiger partial charge is 0.479 e. The van der Waals surface area contributed by atoms with Gasteiger partial charge in [0.25, 0.3) is 0 Å². The molecule has 0 saturated heterocycles. The van der Waals surface area contributed by atoms with Crippen molar-refractivity contribution in [3.05, 3.63) is 50.2 Å². The Morgan fingerprint density at radius 1 is 1.38 bits per heavy atom. The molecular weight excluding hydrogens is 253 g/mol. The molecule has 2 rings (SSSR count). The number of hydrogen-bond donors (Lipinski definition) is 0. The topological polar surface area (TPSA) is 12.5 Å². The first-order valence-electron chi connectivity index (χ1n) is 3.48. The van der Waals surface area contributed by atoms with Gasteiger partial charge in [0.15, 0.2) is 6.73 Å². The van der Waals surface area contributed by atoms with Gasteiger partial charge in [0, 0.05) is 6.20 Å². The molecular formula is C10H11NORh. The van der Waals surface area contributed by atoms with Gasteiger partial charge in [-0.05, 0) is 0 Å². The molecule has 0 amide bonds. The van der Waals surface area contributed by atoms with Crippen LogP contribution in [0.15, 0.2) is 36.7 Å². The molecule has 0 spiro atoms. The average molecular weight is 264 g/mol. The third kappa shape index (κ3) is 2.85. The second-order valence-electron chi connectivity index (χ2n) is 2.30. The van der Waals surface area contributed by atoms with Crippen molar-refractivity contribution in [1.29, 1.82) is 0 Å². The SMILES string of the molecule is [CH3-].[Rh+2].[c-]1ccccc1N1C=COC1. The maximum atomic E-state index is 5.04. The second kappa shape index (κ2) is 5.76. The number of nitrogens with zero attached hydrogens (tertiary/aromatic N) is 1. The van der Waals surface area contributed by atoms with E-state index in [9.17, 15) is 0 Å². The minimum absolute atomic E-state index is 0.